The fourth-order valence-corrected chi connectivity index (χ4v) is 4.67. The minimum Gasteiger partial charge on any atom is -0.491 e. The Morgan fingerprint density at radius 2 is 2.06 bits per heavy atom. The van der Waals surface area contributed by atoms with Gasteiger partial charge in [0.15, 0.2) is 5.52 Å². The second kappa shape index (κ2) is 8.94. The Hall–Kier alpha value is -3.87. The van der Waals surface area contributed by atoms with Crippen LogP contribution in [0.25, 0.3) is 21.3 Å². The number of benzene rings is 1. The molecule has 1 aliphatic rings. The maximum atomic E-state index is 12.6. The van der Waals surface area contributed by atoms with Crippen molar-refractivity contribution in [3.8, 4) is 5.75 Å². The number of nitro groups is 1. The summed E-state index contributed by atoms with van der Waals surface area (Å²) in [6, 6.07) is 7.05. The number of anilines is 1. The molecule has 13 heteroatoms. The first-order valence-corrected chi connectivity index (χ1v) is 11.3. The van der Waals surface area contributed by atoms with Gasteiger partial charge in [-0.05, 0) is 29.9 Å². The zero-order valence-corrected chi connectivity index (χ0v) is 18.3. The van der Waals surface area contributed by atoms with Gasteiger partial charge in [0, 0.05) is 38.7 Å². The number of nitrogens with zero attached hydrogens (tertiary/aromatic N) is 7. The van der Waals surface area contributed by atoms with Crippen LogP contribution in [0.15, 0.2) is 30.6 Å². The van der Waals surface area contributed by atoms with Crippen molar-refractivity contribution >= 4 is 49.3 Å². The van der Waals surface area contributed by atoms with Crippen LogP contribution in [0.3, 0.4) is 0 Å². The molecule has 0 aliphatic carbocycles. The molecule has 0 atom stereocenters. The summed E-state index contributed by atoms with van der Waals surface area (Å²) in [5.41, 5.74) is 1.41. The lowest BCUT2D eigenvalue weighted by atomic mass is 10.2. The Morgan fingerprint density at radius 3 is 2.88 bits per heavy atom. The summed E-state index contributed by atoms with van der Waals surface area (Å²) in [6.07, 6.45) is 2.41. The lowest BCUT2D eigenvalue weighted by Crippen LogP contribution is -2.49. The fourth-order valence-electron chi connectivity index (χ4n) is 3.86. The first-order chi connectivity index (χ1) is 16.1. The SMILES string of the molecule is O=C(CCCOc1cccc2n[nH]nc12)N1CCN(c2ncnc3sc([N+](=O)[O-])cc23)CC1. The summed E-state index contributed by atoms with van der Waals surface area (Å²) in [6.45, 7) is 2.75. The van der Waals surface area contributed by atoms with Crippen molar-refractivity contribution in [3.05, 3.63) is 40.7 Å². The van der Waals surface area contributed by atoms with E-state index < -0.39 is 4.92 Å². The Labute approximate surface area is 191 Å². The summed E-state index contributed by atoms with van der Waals surface area (Å²) in [5.74, 6) is 1.40. The molecule has 0 radical (unpaired) electrons. The molecule has 4 heterocycles. The summed E-state index contributed by atoms with van der Waals surface area (Å²) in [5, 5.41) is 22.5. The Morgan fingerprint density at radius 1 is 1.21 bits per heavy atom. The average Bonchev–Trinajstić information content (AvgIpc) is 3.49. The molecule has 1 saturated heterocycles. The van der Waals surface area contributed by atoms with Gasteiger partial charge in [0.25, 0.3) is 0 Å². The van der Waals surface area contributed by atoms with Crippen molar-refractivity contribution in [2.75, 3.05) is 37.7 Å². The van der Waals surface area contributed by atoms with Gasteiger partial charge in [0.1, 0.15) is 28.2 Å². The number of aromatic amines is 1. The van der Waals surface area contributed by atoms with Crippen LogP contribution in [0.1, 0.15) is 12.8 Å². The van der Waals surface area contributed by atoms with Crippen LogP contribution < -0.4 is 9.64 Å². The predicted molar refractivity (Wildman–Crippen MR) is 121 cm³/mol. The average molecular weight is 468 g/mol. The van der Waals surface area contributed by atoms with Crippen LogP contribution in [0.2, 0.25) is 0 Å². The Kier molecular flexibility index (Phi) is 5.69. The van der Waals surface area contributed by atoms with E-state index in [2.05, 4.69) is 25.4 Å². The van der Waals surface area contributed by atoms with Gasteiger partial charge in [0.05, 0.1) is 16.9 Å². The van der Waals surface area contributed by atoms with E-state index in [1.807, 2.05) is 28.0 Å². The monoisotopic (exact) mass is 468 g/mol. The van der Waals surface area contributed by atoms with Crippen LogP contribution in [-0.4, -0.2) is 73.9 Å². The summed E-state index contributed by atoms with van der Waals surface area (Å²) in [7, 11) is 0. The molecule has 1 amide bonds. The smallest absolute Gasteiger partial charge is 0.326 e. The third-order valence-electron chi connectivity index (χ3n) is 5.51. The minimum absolute atomic E-state index is 0.0440. The highest BCUT2D eigenvalue weighted by Gasteiger charge is 2.24. The number of para-hydroxylation sites is 1. The topological polar surface area (TPSA) is 143 Å². The number of amides is 1. The van der Waals surface area contributed by atoms with Gasteiger partial charge in [-0.15, -0.1) is 0 Å². The molecule has 170 valence electrons. The molecule has 5 rings (SSSR count). The van der Waals surface area contributed by atoms with Crippen molar-refractivity contribution in [1.29, 1.82) is 0 Å². The molecule has 0 spiro atoms. The van der Waals surface area contributed by atoms with Gasteiger partial charge in [-0.1, -0.05) is 6.07 Å². The number of ether oxygens (including phenoxy) is 1. The van der Waals surface area contributed by atoms with Crippen LogP contribution in [0, 0.1) is 10.1 Å². The molecule has 1 aromatic carbocycles. The fraction of sp³-hybridized carbons (Fsp3) is 0.350. The van der Waals surface area contributed by atoms with Crippen molar-refractivity contribution in [2.24, 2.45) is 0 Å². The molecular formula is C20H20N8O4S. The first kappa shape index (κ1) is 21.0. The number of nitrogens with one attached hydrogen (secondary N) is 1. The molecule has 12 nitrogen and oxygen atoms in total. The summed E-state index contributed by atoms with van der Waals surface area (Å²) < 4.78 is 5.79. The number of piperazine rings is 1. The van der Waals surface area contributed by atoms with Gasteiger partial charge >= 0.3 is 5.00 Å². The highest BCUT2D eigenvalue weighted by Crippen LogP contribution is 2.34. The van der Waals surface area contributed by atoms with E-state index in [1.54, 1.807) is 0 Å². The molecule has 3 aromatic heterocycles. The number of thiophene rings is 1. The van der Waals surface area contributed by atoms with Crippen LogP contribution in [-0.2, 0) is 4.79 Å². The van der Waals surface area contributed by atoms with E-state index in [9.17, 15) is 14.9 Å². The van der Waals surface area contributed by atoms with E-state index in [0.29, 0.717) is 72.9 Å². The van der Waals surface area contributed by atoms with E-state index in [1.165, 1.54) is 12.4 Å². The van der Waals surface area contributed by atoms with Crippen LogP contribution in [0.5, 0.6) is 5.75 Å². The van der Waals surface area contributed by atoms with Gasteiger partial charge in [-0.2, -0.15) is 15.4 Å². The predicted octanol–water partition coefficient (Wildman–Crippen LogP) is 2.38. The maximum absolute atomic E-state index is 12.6. The second-order valence-electron chi connectivity index (χ2n) is 7.53. The Bertz CT molecular complexity index is 1310. The zero-order chi connectivity index (χ0) is 22.8. The van der Waals surface area contributed by atoms with Gasteiger partial charge in [-0.3, -0.25) is 14.9 Å². The minimum atomic E-state index is -0.414. The van der Waals surface area contributed by atoms with E-state index >= 15 is 0 Å². The lowest BCUT2D eigenvalue weighted by Gasteiger charge is -2.35. The lowest BCUT2D eigenvalue weighted by molar-refractivity contribution is -0.380. The van der Waals surface area contributed by atoms with Crippen molar-refractivity contribution in [2.45, 2.75) is 12.8 Å². The zero-order valence-electron chi connectivity index (χ0n) is 17.5. The number of hydrogen-bond donors (Lipinski definition) is 1. The largest absolute Gasteiger partial charge is 0.491 e. The highest BCUT2D eigenvalue weighted by atomic mass is 32.1. The third kappa shape index (κ3) is 4.26. The van der Waals surface area contributed by atoms with Crippen molar-refractivity contribution in [3.63, 3.8) is 0 Å². The van der Waals surface area contributed by atoms with Gasteiger partial charge in [-0.25, -0.2) is 9.97 Å². The number of hydrogen-bond acceptors (Lipinski definition) is 10. The molecule has 0 unspecified atom stereocenters. The first-order valence-electron chi connectivity index (χ1n) is 10.4. The number of rotatable bonds is 7. The number of carbonyl (C=O) groups is 1. The highest BCUT2D eigenvalue weighted by molar-refractivity contribution is 7.21. The molecular weight excluding hydrogens is 448 g/mol. The van der Waals surface area contributed by atoms with E-state index in [4.69, 9.17) is 4.74 Å². The number of aromatic nitrogens is 5. The molecule has 4 aromatic rings. The third-order valence-corrected chi connectivity index (χ3v) is 6.50. The molecule has 0 saturated carbocycles. The van der Waals surface area contributed by atoms with Crippen molar-refractivity contribution in [1.82, 2.24) is 30.3 Å². The molecule has 0 bridgehead atoms. The quantitative estimate of drug-likeness (QED) is 0.245. The number of H-pyrrole nitrogens is 1. The number of carbonyl (C=O) groups excluding carboxylic acids is 1. The molecule has 1 aliphatic heterocycles. The van der Waals surface area contributed by atoms with Gasteiger partial charge < -0.3 is 14.5 Å². The molecule has 33 heavy (non-hydrogen) atoms. The van der Waals surface area contributed by atoms with Gasteiger partial charge in [0.2, 0.25) is 5.91 Å². The summed E-state index contributed by atoms with van der Waals surface area (Å²) in [4.78, 5) is 36.3. The second-order valence-corrected chi connectivity index (χ2v) is 8.53. The Balaban J connectivity index is 1.13. The normalized spacial score (nSPS) is 14.2. The van der Waals surface area contributed by atoms with Crippen LogP contribution in [0.4, 0.5) is 10.8 Å². The van der Waals surface area contributed by atoms with Crippen molar-refractivity contribution < 1.29 is 14.5 Å². The van der Waals surface area contributed by atoms with E-state index in [-0.39, 0.29) is 10.9 Å². The van der Waals surface area contributed by atoms with Crippen LogP contribution >= 0.6 is 11.3 Å². The summed E-state index contributed by atoms with van der Waals surface area (Å²) >= 11 is 1.04. The standard InChI is InChI=1S/C20H20N8O4S/c29-16(5-2-10-32-15-4-1-3-14-18(15)24-25-23-14)26-6-8-27(9-7-26)19-13-11-17(28(30)31)33-20(13)22-12-21-19/h1,3-4,11-12H,2,5-10H2,(H,23,24,25). The molecule has 1 fully saturated rings. The maximum Gasteiger partial charge on any atom is 0.326 e. The molecule has 1 N–H and O–H groups in total. The van der Waals surface area contributed by atoms with E-state index in [0.717, 1.165) is 16.9 Å². The number of fused-ring (bicyclic) bond motifs is 2.